The first kappa shape index (κ1) is 17.6. The minimum atomic E-state index is -1.79. The third kappa shape index (κ3) is 2.85. The Labute approximate surface area is 151 Å². The first-order chi connectivity index (χ1) is 12.6. The second kappa shape index (κ2) is 7.08. The third-order valence-corrected chi connectivity index (χ3v) is 5.09. The van der Waals surface area contributed by atoms with Crippen molar-refractivity contribution in [3.05, 3.63) is 71.8 Å². The summed E-state index contributed by atoms with van der Waals surface area (Å²) in [7, 11) is 0. The summed E-state index contributed by atoms with van der Waals surface area (Å²) >= 11 is 0. The van der Waals surface area contributed by atoms with E-state index in [0.717, 1.165) is 5.56 Å². The first-order valence-corrected chi connectivity index (χ1v) is 8.68. The Morgan fingerprint density at radius 2 is 1.58 bits per heavy atom. The van der Waals surface area contributed by atoms with Crippen LogP contribution >= 0.6 is 0 Å². The number of aliphatic hydroxyl groups is 3. The van der Waals surface area contributed by atoms with Crippen molar-refractivity contribution in [1.82, 2.24) is 0 Å². The number of hydrogen-bond donors (Lipinski definition) is 3. The fourth-order valence-electron chi connectivity index (χ4n) is 3.75. The van der Waals surface area contributed by atoms with E-state index in [0.29, 0.717) is 5.56 Å². The molecule has 2 aromatic rings. The highest BCUT2D eigenvalue weighted by atomic mass is 16.7. The van der Waals surface area contributed by atoms with E-state index in [1.165, 1.54) is 0 Å². The predicted octanol–water partition coefficient (Wildman–Crippen LogP) is 1.33. The summed E-state index contributed by atoms with van der Waals surface area (Å²) < 4.78 is 17.8. The Morgan fingerprint density at radius 3 is 2.19 bits per heavy atom. The van der Waals surface area contributed by atoms with E-state index in [-0.39, 0.29) is 6.61 Å². The average molecular weight is 358 g/mol. The second-order valence-corrected chi connectivity index (χ2v) is 6.68. The van der Waals surface area contributed by atoms with Crippen LogP contribution in [-0.4, -0.2) is 52.4 Å². The lowest BCUT2D eigenvalue weighted by molar-refractivity contribution is -0.274. The SMILES string of the molecule is OC[C@@H](O)[C@]1(O)C(c2ccccc2)O[C@H]2COC(c3ccccc3)O[C@H]21. The summed E-state index contributed by atoms with van der Waals surface area (Å²) in [6.07, 6.45) is -4.32. The van der Waals surface area contributed by atoms with Crippen LogP contribution in [0.2, 0.25) is 0 Å². The molecular weight excluding hydrogens is 336 g/mol. The quantitative estimate of drug-likeness (QED) is 0.764. The van der Waals surface area contributed by atoms with Crippen LogP contribution in [0, 0.1) is 0 Å². The van der Waals surface area contributed by atoms with E-state index in [1.807, 2.05) is 60.7 Å². The van der Waals surface area contributed by atoms with Gasteiger partial charge in [-0.05, 0) is 5.56 Å². The molecule has 4 rings (SSSR count). The van der Waals surface area contributed by atoms with E-state index < -0.39 is 42.9 Å². The lowest BCUT2D eigenvalue weighted by Gasteiger charge is -2.40. The van der Waals surface area contributed by atoms with Gasteiger partial charge < -0.3 is 29.5 Å². The van der Waals surface area contributed by atoms with Gasteiger partial charge in [0, 0.05) is 5.56 Å². The van der Waals surface area contributed by atoms with Crippen molar-refractivity contribution in [1.29, 1.82) is 0 Å². The van der Waals surface area contributed by atoms with Gasteiger partial charge in [-0.3, -0.25) is 0 Å². The van der Waals surface area contributed by atoms with Gasteiger partial charge in [-0.25, -0.2) is 0 Å². The van der Waals surface area contributed by atoms with Gasteiger partial charge in [-0.15, -0.1) is 0 Å². The highest BCUT2D eigenvalue weighted by Crippen LogP contribution is 2.48. The zero-order chi connectivity index (χ0) is 18.1. The van der Waals surface area contributed by atoms with Crippen molar-refractivity contribution in [3.63, 3.8) is 0 Å². The second-order valence-electron chi connectivity index (χ2n) is 6.68. The van der Waals surface area contributed by atoms with Gasteiger partial charge >= 0.3 is 0 Å². The zero-order valence-corrected chi connectivity index (χ0v) is 14.1. The fourth-order valence-corrected chi connectivity index (χ4v) is 3.75. The lowest BCUT2D eigenvalue weighted by Crippen LogP contribution is -2.58. The van der Waals surface area contributed by atoms with Gasteiger partial charge in [-0.1, -0.05) is 60.7 Å². The minimum Gasteiger partial charge on any atom is -0.394 e. The van der Waals surface area contributed by atoms with Crippen molar-refractivity contribution in [2.45, 2.75) is 36.3 Å². The number of fused-ring (bicyclic) bond motifs is 1. The smallest absolute Gasteiger partial charge is 0.184 e. The van der Waals surface area contributed by atoms with Gasteiger partial charge in [0.25, 0.3) is 0 Å². The predicted molar refractivity (Wildman–Crippen MR) is 92.1 cm³/mol. The normalized spacial score (nSPS) is 35.0. The highest BCUT2D eigenvalue weighted by molar-refractivity contribution is 5.26. The number of ether oxygens (including phenoxy) is 3. The number of benzene rings is 2. The molecule has 6 heteroatoms. The molecule has 2 fully saturated rings. The summed E-state index contributed by atoms with van der Waals surface area (Å²) in [6.45, 7) is -0.388. The van der Waals surface area contributed by atoms with Crippen molar-refractivity contribution in [2.24, 2.45) is 0 Å². The Balaban J connectivity index is 1.68. The molecule has 0 aromatic heterocycles. The van der Waals surface area contributed by atoms with Crippen molar-refractivity contribution < 1.29 is 29.5 Å². The molecule has 0 amide bonds. The highest BCUT2D eigenvalue weighted by Gasteiger charge is 2.62. The van der Waals surface area contributed by atoms with E-state index in [4.69, 9.17) is 14.2 Å². The molecule has 0 aliphatic carbocycles. The number of hydrogen-bond acceptors (Lipinski definition) is 6. The van der Waals surface area contributed by atoms with E-state index in [9.17, 15) is 15.3 Å². The minimum absolute atomic E-state index is 0.216. The molecule has 0 bridgehead atoms. The van der Waals surface area contributed by atoms with Crippen LogP contribution in [0.15, 0.2) is 60.7 Å². The monoisotopic (exact) mass is 358 g/mol. The van der Waals surface area contributed by atoms with Gasteiger partial charge in [0.2, 0.25) is 0 Å². The molecule has 2 heterocycles. The molecule has 0 radical (unpaired) electrons. The average Bonchev–Trinajstić information content (AvgIpc) is 3.02. The molecule has 2 saturated heterocycles. The number of rotatable bonds is 4. The molecule has 2 aliphatic rings. The van der Waals surface area contributed by atoms with Gasteiger partial charge in [0.1, 0.15) is 24.4 Å². The van der Waals surface area contributed by atoms with Crippen LogP contribution in [-0.2, 0) is 14.2 Å². The Bertz CT molecular complexity index is 724. The summed E-state index contributed by atoms with van der Waals surface area (Å²) in [4.78, 5) is 0. The maximum Gasteiger partial charge on any atom is 0.184 e. The molecule has 2 unspecified atom stereocenters. The van der Waals surface area contributed by atoms with Crippen LogP contribution < -0.4 is 0 Å². The zero-order valence-electron chi connectivity index (χ0n) is 14.1. The van der Waals surface area contributed by atoms with Crippen LogP contribution in [0.3, 0.4) is 0 Å². The molecule has 2 aromatic carbocycles. The summed E-state index contributed by atoms with van der Waals surface area (Å²) in [5, 5.41) is 31.4. The van der Waals surface area contributed by atoms with Crippen LogP contribution in [0.1, 0.15) is 23.5 Å². The molecule has 26 heavy (non-hydrogen) atoms. The summed E-state index contributed by atoms with van der Waals surface area (Å²) in [6, 6.07) is 18.5. The third-order valence-electron chi connectivity index (χ3n) is 5.09. The van der Waals surface area contributed by atoms with Gasteiger partial charge in [0.15, 0.2) is 11.9 Å². The molecular formula is C20H22O6. The van der Waals surface area contributed by atoms with Gasteiger partial charge in [0.05, 0.1) is 13.2 Å². The molecule has 138 valence electrons. The maximum absolute atomic E-state index is 11.4. The van der Waals surface area contributed by atoms with E-state index in [1.54, 1.807) is 0 Å². The Morgan fingerprint density at radius 1 is 0.962 bits per heavy atom. The van der Waals surface area contributed by atoms with Crippen molar-refractivity contribution in [2.75, 3.05) is 13.2 Å². The summed E-state index contributed by atoms with van der Waals surface area (Å²) in [5.41, 5.74) is -0.274. The lowest BCUT2D eigenvalue weighted by atomic mass is 9.82. The van der Waals surface area contributed by atoms with E-state index >= 15 is 0 Å². The Kier molecular flexibility index (Phi) is 4.79. The molecule has 0 spiro atoms. The molecule has 2 aliphatic heterocycles. The summed E-state index contributed by atoms with van der Waals surface area (Å²) in [5.74, 6) is 0. The largest absolute Gasteiger partial charge is 0.394 e. The standard InChI is InChI=1S/C20H22O6/c21-11-16(22)20(23)17(13-7-3-1-4-8-13)25-15-12-24-19(26-18(15)20)14-9-5-2-6-10-14/h1-10,15-19,21-23H,11-12H2/t15-,16+,17?,18+,19?,20-/m0/s1. The first-order valence-electron chi connectivity index (χ1n) is 8.68. The van der Waals surface area contributed by atoms with Gasteiger partial charge in [-0.2, -0.15) is 0 Å². The molecule has 0 saturated carbocycles. The number of aliphatic hydroxyl groups excluding tert-OH is 2. The molecule has 6 atom stereocenters. The van der Waals surface area contributed by atoms with E-state index in [2.05, 4.69) is 0 Å². The Hall–Kier alpha value is -1.80. The molecule has 3 N–H and O–H groups in total. The molecule has 6 nitrogen and oxygen atoms in total. The van der Waals surface area contributed by atoms with Crippen LogP contribution in [0.5, 0.6) is 0 Å². The topological polar surface area (TPSA) is 88.4 Å². The van der Waals surface area contributed by atoms with Crippen LogP contribution in [0.25, 0.3) is 0 Å². The van der Waals surface area contributed by atoms with Crippen molar-refractivity contribution in [3.8, 4) is 0 Å². The van der Waals surface area contributed by atoms with Crippen molar-refractivity contribution >= 4 is 0 Å². The van der Waals surface area contributed by atoms with Crippen LogP contribution in [0.4, 0.5) is 0 Å². The maximum atomic E-state index is 11.4. The fraction of sp³-hybridized carbons (Fsp3) is 0.400.